The van der Waals surface area contributed by atoms with Crippen molar-refractivity contribution in [1.29, 1.82) is 0 Å². The highest BCUT2D eigenvalue weighted by Crippen LogP contribution is 2.21. The van der Waals surface area contributed by atoms with E-state index < -0.39 is 0 Å². The Labute approximate surface area is 241 Å². The molecule has 227 valence electrons. The molecule has 0 aromatic carbocycles. The molecule has 0 saturated heterocycles. The standard InChI is InChI=1S/C36H71O2/c1-6-8-9-10-11-12-13-14-15-16-17-18-19-20-21-22-23-24-25-30-36(37)38-35(27-7-2)32-31-34(5)29-26-28-33(3)4/h33-35H,2,6-32H2,1,3-5H3. The summed E-state index contributed by atoms with van der Waals surface area (Å²) in [6.07, 6.45) is 34.7. The maximum absolute atomic E-state index is 12.4. The normalized spacial score (nSPS) is 13.2. The third-order valence-corrected chi connectivity index (χ3v) is 8.27. The largest absolute Gasteiger partial charge is 0.462 e. The Morgan fingerprint density at radius 1 is 0.553 bits per heavy atom. The Morgan fingerprint density at radius 2 is 1.00 bits per heavy atom. The van der Waals surface area contributed by atoms with Gasteiger partial charge in [0, 0.05) is 6.42 Å². The van der Waals surface area contributed by atoms with Crippen LogP contribution in [0.3, 0.4) is 0 Å². The highest BCUT2D eigenvalue weighted by Gasteiger charge is 2.15. The van der Waals surface area contributed by atoms with Gasteiger partial charge in [0.05, 0.1) is 0 Å². The van der Waals surface area contributed by atoms with Gasteiger partial charge in [0.25, 0.3) is 0 Å². The number of unbranched alkanes of at least 4 members (excludes halogenated alkanes) is 18. The molecule has 38 heavy (non-hydrogen) atoms. The molecule has 0 amide bonds. The van der Waals surface area contributed by atoms with Gasteiger partial charge < -0.3 is 4.74 Å². The smallest absolute Gasteiger partial charge is 0.306 e. The summed E-state index contributed by atoms with van der Waals surface area (Å²) < 4.78 is 5.84. The molecule has 0 fully saturated rings. The highest BCUT2D eigenvalue weighted by molar-refractivity contribution is 5.69. The number of ether oxygens (including phenoxy) is 1. The summed E-state index contributed by atoms with van der Waals surface area (Å²) >= 11 is 0. The molecule has 2 nitrogen and oxygen atoms in total. The predicted octanol–water partition coefficient (Wildman–Crippen LogP) is 12.6. The van der Waals surface area contributed by atoms with E-state index in [1.165, 1.54) is 135 Å². The molecule has 0 rings (SSSR count). The SMILES string of the molecule is [CH2]CCC(CCC(C)CCCC(C)C)OC(=O)CCCCCCCCCCCCCCCCCCCCC. The fourth-order valence-corrected chi connectivity index (χ4v) is 5.57. The zero-order valence-electron chi connectivity index (χ0n) is 26.8. The summed E-state index contributed by atoms with van der Waals surface area (Å²) in [5, 5.41) is 0. The van der Waals surface area contributed by atoms with Crippen LogP contribution in [0.2, 0.25) is 0 Å². The number of carbonyl (C=O) groups excluding carboxylic acids is 1. The van der Waals surface area contributed by atoms with Crippen molar-refractivity contribution in [2.75, 3.05) is 0 Å². The van der Waals surface area contributed by atoms with Gasteiger partial charge in [-0.25, -0.2) is 0 Å². The minimum absolute atomic E-state index is 0.0166. The third-order valence-electron chi connectivity index (χ3n) is 8.27. The Morgan fingerprint density at radius 3 is 1.42 bits per heavy atom. The average Bonchev–Trinajstić information content (AvgIpc) is 2.88. The molecule has 1 radical (unpaired) electrons. The van der Waals surface area contributed by atoms with Crippen molar-refractivity contribution in [3.8, 4) is 0 Å². The molecule has 0 spiro atoms. The molecule has 0 aliphatic heterocycles. The Kier molecular flexibility index (Phi) is 29.0. The van der Waals surface area contributed by atoms with Crippen molar-refractivity contribution < 1.29 is 9.53 Å². The van der Waals surface area contributed by atoms with Gasteiger partial charge in [-0.2, -0.15) is 0 Å². The monoisotopic (exact) mass is 536 g/mol. The molecule has 0 aliphatic carbocycles. The number of hydrogen-bond donors (Lipinski definition) is 0. The molecule has 0 bridgehead atoms. The lowest BCUT2D eigenvalue weighted by Crippen LogP contribution is -2.19. The van der Waals surface area contributed by atoms with Crippen molar-refractivity contribution >= 4 is 5.97 Å². The molecule has 0 aromatic heterocycles. The summed E-state index contributed by atoms with van der Waals surface area (Å²) in [4.78, 5) is 12.4. The van der Waals surface area contributed by atoms with Crippen LogP contribution in [0.25, 0.3) is 0 Å². The second-order valence-corrected chi connectivity index (χ2v) is 12.9. The average molecular weight is 536 g/mol. The fraction of sp³-hybridized carbons (Fsp3) is 0.944. The lowest BCUT2D eigenvalue weighted by molar-refractivity contribution is -0.150. The van der Waals surface area contributed by atoms with E-state index in [9.17, 15) is 4.79 Å². The van der Waals surface area contributed by atoms with Crippen molar-refractivity contribution in [1.82, 2.24) is 0 Å². The van der Waals surface area contributed by atoms with Crippen LogP contribution in [-0.2, 0) is 9.53 Å². The minimum atomic E-state index is 0.0166. The lowest BCUT2D eigenvalue weighted by Gasteiger charge is -2.20. The Bertz CT molecular complexity index is 472. The molecule has 0 N–H and O–H groups in total. The molecular weight excluding hydrogens is 464 g/mol. The molecule has 0 aliphatic rings. The summed E-state index contributed by atoms with van der Waals surface area (Å²) in [7, 11) is 0. The topological polar surface area (TPSA) is 26.3 Å². The van der Waals surface area contributed by atoms with Gasteiger partial charge >= 0.3 is 5.97 Å². The first-order valence-electron chi connectivity index (χ1n) is 17.5. The van der Waals surface area contributed by atoms with E-state index in [-0.39, 0.29) is 12.1 Å². The number of esters is 1. The number of rotatable bonds is 30. The fourth-order valence-electron chi connectivity index (χ4n) is 5.57. The first-order chi connectivity index (χ1) is 18.5. The van der Waals surface area contributed by atoms with Crippen LogP contribution in [0.1, 0.15) is 201 Å². The van der Waals surface area contributed by atoms with E-state index >= 15 is 0 Å². The van der Waals surface area contributed by atoms with Crippen LogP contribution in [0.5, 0.6) is 0 Å². The first-order valence-corrected chi connectivity index (χ1v) is 17.5. The molecule has 0 saturated carbocycles. The highest BCUT2D eigenvalue weighted by atomic mass is 16.5. The maximum atomic E-state index is 12.4. The van der Waals surface area contributed by atoms with Gasteiger partial charge in [-0.15, -0.1) is 0 Å². The van der Waals surface area contributed by atoms with Crippen molar-refractivity contribution in [2.24, 2.45) is 11.8 Å². The minimum Gasteiger partial charge on any atom is -0.462 e. The molecule has 2 unspecified atom stereocenters. The molecule has 0 aromatic rings. The molecule has 0 heterocycles. The Balaban J connectivity index is 3.51. The predicted molar refractivity (Wildman–Crippen MR) is 170 cm³/mol. The van der Waals surface area contributed by atoms with E-state index in [4.69, 9.17) is 4.74 Å². The van der Waals surface area contributed by atoms with Crippen LogP contribution in [0.15, 0.2) is 0 Å². The molecule has 2 heteroatoms. The molecular formula is C36H71O2. The van der Waals surface area contributed by atoms with Gasteiger partial charge in [0.2, 0.25) is 0 Å². The van der Waals surface area contributed by atoms with Crippen LogP contribution in [-0.4, -0.2) is 12.1 Å². The van der Waals surface area contributed by atoms with E-state index in [0.29, 0.717) is 6.42 Å². The van der Waals surface area contributed by atoms with Crippen LogP contribution in [0, 0.1) is 18.8 Å². The summed E-state index contributed by atoms with van der Waals surface area (Å²) in [6.45, 7) is 13.2. The quantitative estimate of drug-likeness (QED) is 0.0675. The Hall–Kier alpha value is -0.530. The first kappa shape index (κ1) is 37.5. The maximum Gasteiger partial charge on any atom is 0.306 e. The zero-order chi connectivity index (χ0) is 28.1. The number of carbonyl (C=O) groups is 1. The van der Waals surface area contributed by atoms with E-state index in [1.807, 2.05) is 0 Å². The second-order valence-electron chi connectivity index (χ2n) is 12.9. The van der Waals surface area contributed by atoms with Crippen LogP contribution < -0.4 is 0 Å². The van der Waals surface area contributed by atoms with E-state index in [0.717, 1.165) is 43.9 Å². The lowest BCUT2D eigenvalue weighted by atomic mass is 9.94. The van der Waals surface area contributed by atoms with E-state index in [1.54, 1.807) is 0 Å². The van der Waals surface area contributed by atoms with Crippen LogP contribution >= 0.6 is 0 Å². The van der Waals surface area contributed by atoms with Crippen molar-refractivity contribution in [3.05, 3.63) is 6.92 Å². The number of hydrogen-bond acceptors (Lipinski definition) is 2. The van der Waals surface area contributed by atoms with Gasteiger partial charge in [-0.3, -0.25) is 4.79 Å². The summed E-state index contributed by atoms with van der Waals surface area (Å²) in [5.41, 5.74) is 0. The second kappa shape index (κ2) is 29.5. The van der Waals surface area contributed by atoms with Gasteiger partial charge in [0.1, 0.15) is 6.10 Å². The van der Waals surface area contributed by atoms with Gasteiger partial charge in [-0.05, 0) is 43.9 Å². The third kappa shape index (κ3) is 28.5. The molecule has 2 atom stereocenters. The van der Waals surface area contributed by atoms with Gasteiger partial charge in [-0.1, -0.05) is 169 Å². The summed E-state index contributed by atoms with van der Waals surface area (Å²) in [5.74, 6) is 1.54. The van der Waals surface area contributed by atoms with E-state index in [2.05, 4.69) is 34.6 Å². The zero-order valence-corrected chi connectivity index (χ0v) is 26.8. The van der Waals surface area contributed by atoms with Gasteiger partial charge in [0.15, 0.2) is 0 Å². The summed E-state index contributed by atoms with van der Waals surface area (Å²) in [6, 6.07) is 0. The van der Waals surface area contributed by atoms with Crippen molar-refractivity contribution in [2.45, 2.75) is 207 Å². The van der Waals surface area contributed by atoms with Crippen molar-refractivity contribution in [3.63, 3.8) is 0 Å². The van der Waals surface area contributed by atoms with Crippen LogP contribution in [0.4, 0.5) is 0 Å².